The van der Waals surface area contributed by atoms with Crippen LogP contribution in [0.5, 0.6) is 0 Å². The first-order chi connectivity index (χ1) is 9.84. The van der Waals surface area contributed by atoms with Crippen LogP contribution >= 0.6 is 0 Å². The Balaban J connectivity index is 1.74. The Kier molecular flexibility index (Phi) is 3.64. The fourth-order valence-electron chi connectivity index (χ4n) is 3.78. The van der Waals surface area contributed by atoms with Crippen LogP contribution in [-0.2, 0) is 6.18 Å². The summed E-state index contributed by atoms with van der Waals surface area (Å²) in [5.74, 6) is 0. The van der Waals surface area contributed by atoms with E-state index in [4.69, 9.17) is 0 Å². The fraction of sp³-hybridized carbons (Fsp3) is 0.625. The van der Waals surface area contributed by atoms with Gasteiger partial charge in [0.1, 0.15) is 0 Å². The molecule has 3 rings (SSSR count). The van der Waals surface area contributed by atoms with Gasteiger partial charge in [-0.15, -0.1) is 0 Å². The molecule has 0 radical (unpaired) electrons. The lowest BCUT2D eigenvalue weighted by molar-refractivity contribution is -0.138. The number of rotatable bonds is 2. The summed E-state index contributed by atoms with van der Waals surface area (Å²) in [6.45, 7) is 1.50. The van der Waals surface area contributed by atoms with E-state index < -0.39 is 11.7 Å². The highest BCUT2D eigenvalue weighted by molar-refractivity contribution is 5.50. The van der Waals surface area contributed by atoms with Crippen LogP contribution in [0.1, 0.15) is 36.8 Å². The van der Waals surface area contributed by atoms with Crippen molar-refractivity contribution in [1.29, 1.82) is 0 Å². The minimum Gasteiger partial charge on any atom is -0.382 e. The summed E-state index contributed by atoms with van der Waals surface area (Å²) in [5, 5.41) is 3.32. The van der Waals surface area contributed by atoms with Crippen LogP contribution in [0.4, 0.5) is 18.9 Å². The zero-order valence-corrected chi connectivity index (χ0v) is 12.4. The topological polar surface area (TPSA) is 15.3 Å². The highest BCUT2D eigenvalue weighted by Gasteiger charge is 2.38. The van der Waals surface area contributed by atoms with Gasteiger partial charge >= 0.3 is 6.18 Å². The molecule has 1 aromatic carbocycles. The quantitative estimate of drug-likeness (QED) is 0.886. The average molecular weight is 298 g/mol. The number of halogens is 3. The van der Waals surface area contributed by atoms with Crippen LogP contribution in [0.25, 0.3) is 0 Å². The van der Waals surface area contributed by atoms with Gasteiger partial charge in [0.25, 0.3) is 0 Å². The standard InChI is InChI=1S/C16H21F3N2/c1-10-3-4-11(9-15(10)16(17,18)19)20-12-7-13-5-6-14(8-12)21(13)2/h3-4,9,12-14,20H,5-8H2,1-2H3. The van der Waals surface area contributed by atoms with Gasteiger partial charge in [-0.1, -0.05) is 6.07 Å². The Labute approximate surface area is 123 Å². The molecule has 0 aliphatic carbocycles. The summed E-state index contributed by atoms with van der Waals surface area (Å²) in [7, 11) is 2.16. The van der Waals surface area contributed by atoms with Crippen LogP contribution in [-0.4, -0.2) is 30.1 Å². The smallest absolute Gasteiger partial charge is 0.382 e. The van der Waals surface area contributed by atoms with Crippen molar-refractivity contribution in [2.45, 2.75) is 56.9 Å². The molecule has 5 heteroatoms. The van der Waals surface area contributed by atoms with Crippen molar-refractivity contribution in [2.75, 3.05) is 12.4 Å². The van der Waals surface area contributed by atoms with Gasteiger partial charge in [0, 0.05) is 23.8 Å². The molecule has 2 nitrogen and oxygen atoms in total. The molecule has 2 fully saturated rings. The highest BCUT2D eigenvalue weighted by atomic mass is 19.4. The Bertz CT molecular complexity index is 513. The van der Waals surface area contributed by atoms with Gasteiger partial charge in [-0.2, -0.15) is 13.2 Å². The maximum Gasteiger partial charge on any atom is 0.416 e. The molecule has 0 amide bonds. The van der Waals surface area contributed by atoms with E-state index >= 15 is 0 Å². The molecule has 0 spiro atoms. The summed E-state index contributed by atoms with van der Waals surface area (Å²) in [5.41, 5.74) is 0.321. The zero-order valence-electron chi connectivity index (χ0n) is 12.4. The number of alkyl halides is 3. The van der Waals surface area contributed by atoms with Gasteiger partial charge in [-0.05, 0) is 57.4 Å². The number of benzene rings is 1. The van der Waals surface area contributed by atoms with Crippen molar-refractivity contribution < 1.29 is 13.2 Å². The number of fused-ring (bicyclic) bond motifs is 2. The number of aryl methyl sites for hydroxylation is 1. The molecule has 116 valence electrons. The number of nitrogens with one attached hydrogen (secondary N) is 1. The van der Waals surface area contributed by atoms with Crippen LogP contribution < -0.4 is 5.32 Å². The van der Waals surface area contributed by atoms with Crippen molar-refractivity contribution >= 4 is 5.69 Å². The van der Waals surface area contributed by atoms with Gasteiger partial charge in [-0.25, -0.2) is 0 Å². The van der Waals surface area contributed by atoms with Crippen molar-refractivity contribution in [2.24, 2.45) is 0 Å². The van der Waals surface area contributed by atoms with Gasteiger partial charge in [0.05, 0.1) is 5.56 Å². The third kappa shape index (κ3) is 2.89. The molecular weight excluding hydrogens is 277 g/mol. The number of piperidine rings is 1. The second-order valence-corrected chi connectivity index (χ2v) is 6.39. The molecule has 2 bridgehead atoms. The van der Waals surface area contributed by atoms with Crippen LogP contribution in [0.15, 0.2) is 18.2 Å². The van der Waals surface area contributed by atoms with Crippen molar-refractivity contribution in [3.05, 3.63) is 29.3 Å². The molecule has 2 saturated heterocycles. The van der Waals surface area contributed by atoms with E-state index in [9.17, 15) is 13.2 Å². The summed E-state index contributed by atoms with van der Waals surface area (Å²) >= 11 is 0. The minimum atomic E-state index is -4.28. The van der Waals surface area contributed by atoms with Crippen LogP contribution in [0.3, 0.4) is 0 Å². The predicted octanol–water partition coefficient (Wildman–Crippen LogP) is 4.05. The van der Waals surface area contributed by atoms with E-state index in [0.717, 1.165) is 12.8 Å². The molecule has 1 aromatic rings. The molecule has 0 saturated carbocycles. The van der Waals surface area contributed by atoms with E-state index in [-0.39, 0.29) is 11.6 Å². The minimum absolute atomic E-state index is 0.275. The normalized spacial score (nSPS) is 29.7. The van der Waals surface area contributed by atoms with Crippen molar-refractivity contribution in [3.8, 4) is 0 Å². The highest BCUT2D eigenvalue weighted by Crippen LogP contribution is 2.37. The first-order valence-electron chi connectivity index (χ1n) is 7.51. The van der Waals surface area contributed by atoms with E-state index in [1.54, 1.807) is 12.1 Å². The molecule has 2 aliphatic rings. The van der Waals surface area contributed by atoms with Crippen molar-refractivity contribution in [1.82, 2.24) is 4.90 Å². The Morgan fingerprint density at radius 3 is 2.33 bits per heavy atom. The Morgan fingerprint density at radius 2 is 1.76 bits per heavy atom. The fourth-order valence-corrected chi connectivity index (χ4v) is 3.78. The van der Waals surface area contributed by atoms with Gasteiger partial charge < -0.3 is 10.2 Å². The number of hydrogen-bond donors (Lipinski definition) is 1. The summed E-state index contributed by atoms with van der Waals surface area (Å²) in [6, 6.07) is 5.99. The number of anilines is 1. The predicted molar refractivity (Wildman–Crippen MR) is 77.4 cm³/mol. The zero-order chi connectivity index (χ0) is 15.2. The van der Waals surface area contributed by atoms with E-state index in [0.29, 0.717) is 17.8 Å². The SMILES string of the molecule is Cc1ccc(NC2CC3CCC(C2)N3C)cc1C(F)(F)F. The summed E-state index contributed by atoms with van der Waals surface area (Å²) in [4.78, 5) is 2.43. The van der Waals surface area contributed by atoms with E-state index in [1.807, 2.05) is 0 Å². The average Bonchev–Trinajstić information content (AvgIpc) is 2.62. The van der Waals surface area contributed by atoms with Crippen LogP contribution in [0.2, 0.25) is 0 Å². The molecule has 2 atom stereocenters. The lowest BCUT2D eigenvalue weighted by Crippen LogP contribution is -2.44. The number of nitrogens with zero attached hydrogens (tertiary/aromatic N) is 1. The molecule has 2 heterocycles. The Morgan fingerprint density at radius 1 is 1.14 bits per heavy atom. The van der Waals surface area contributed by atoms with Gasteiger partial charge in [-0.3, -0.25) is 0 Å². The lowest BCUT2D eigenvalue weighted by Gasteiger charge is -2.37. The largest absolute Gasteiger partial charge is 0.416 e. The van der Waals surface area contributed by atoms with Crippen molar-refractivity contribution in [3.63, 3.8) is 0 Å². The molecule has 1 N–H and O–H groups in total. The molecule has 0 aromatic heterocycles. The van der Waals surface area contributed by atoms with E-state index in [2.05, 4.69) is 17.3 Å². The van der Waals surface area contributed by atoms with E-state index in [1.165, 1.54) is 25.8 Å². The Hall–Kier alpha value is -1.23. The first-order valence-corrected chi connectivity index (χ1v) is 7.51. The summed E-state index contributed by atoms with van der Waals surface area (Å²) < 4.78 is 38.9. The molecule has 2 unspecified atom stereocenters. The lowest BCUT2D eigenvalue weighted by atomic mass is 9.97. The molecule has 21 heavy (non-hydrogen) atoms. The monoisotopic (exact) mass is 298 g/mol. The van der Waals surface area contributed by atoms with Crippen LogP contribution in [0, 0.1) is 6.92 Å². The third-order valence-electron chi connectivity index (χ3n) is 5.01. The first kappa shape index (κ1) is 14.7. The maximum atomic E-state index is 13.0. The third-order valence-corrected chi connectivity index (χ3v) is 5.01. The van der Waals surface area contributed by atoms with Gasteiger partial charge in [0.2, 0.25) is 0 Å². The number of hydrogen-bond acceptors (Lipinski definition) is 2. The van der Waals surface area contributed by atoms with Gasteiger partial charge in [0.15, 0.2) is 0 Å². The molecule has 2 aliphatic heterocycles. The molecular formula is C16H21F3N2. The summed E-state index contributed by atoms with van der Waals surface area (Å²) in [6.07, 6.45) is 0.167. The second-order valence-electron chi connectivity index (χ2n) is 6.39. The maximum absolute atomic E-state index is 13.0. The second kappa shape index (κ2) is 5.20.